The number of halogens is 1. The maximum absolute atomic E-state index is 12.1. The average molecular weight is 324 g/mol. The maximum atomic E-state index is 12.1. The molecule has 0 saturated heterocycles. The monoisotopic (exact) mass is 323 g/mol. The minimum Gasteiger partial charge on any atom is -0.379 e. The van der Waals surface area contributed by atoms with Crippen LogP contribution in [0.3, 0.4) is 0 Å². The highest BCUT2D eigenvalue weighted by Gasteiger charge is 2.41. The van der Waals surface area contributed by atoms with Gasteiger partial charge in [0.05, 0.1) is 18.4 Å². The second-order valence-electron chi connectivity index (χ2n) is 5.49. The quantitative estimate of drug-likeness (QED) is 0.819. The molecule has 4 nitrogen and oxygen atoms in total. The summed E-state index contributed by atoms with van der Waals surface area (Å²) in [4.78, 5) is 12.1. The summed E-state index contributed by atoms with van der Waals surface area (Å²) < 4.78 is 1.99. The van der Waals surface area contributed by atoms with Crippen molar-refractivity contribution in [3.05, 3.63) is 33.7 Å². The zero-order chi connectivity index (χ0) is 13.4. The van der Waals surface area contributed by atoms with Crippen molar-refractivity contribution in [1.29, 1.82) is 0 Å². The molecule has 2 aliphatic rings. The van der Waals surface area contributed by atoms with Crippen LogP contribution in [0.4, 0.5) is 5.69 Å². The Bertz CT molecular complexity index is 534. The SMILES string of the molecule is C=CCn1ncc(NC(C2CC2)C2CC2)c(Br)c1=O. The van der Waals surface area contributed by atoms with Crippen molar-refractivity contribution in [3.63, 3.8) is 0 Å². The molecule has 1 aromatic rings. The topological polar surface area (TPSA) is 46.9 Å². The minimum atomic E-state index is -0.102. The molecule has 1 aromatic heterocycles. The number of rotatable bonds is 6. The largest absolute Gasteiger partial charge is 0.379 e. The van der Waals surface area contributed by atoms with E-state index in [1.807, 2.05) is 0 Å². The van der Waals surface area contributed by atoms with E-state index in [4.69, 9.17) is 0 Å². The van der Waals surface area contributed by atoms with Gasteiger partial charge in [0.1, 0.15) is 4.47 Å². The molecule has 0 aromatic carbocycles. The van der Waals surface area contributed by atoms with E-state index in [-0.39, 0.29) is 5.56 Å². The van der Waals surface area contributed by atoms with E-state index in [0.29, 0.717) is 17.1 Å². The van der Waals surface area contributed by atoms with E-state index in [9.17, 15) is 4.79 Å². The molecular weight excluding hydrogens is 306 g/mol. The van der Waals surface area contributed by atoms with Crippen molar-refractivity contribution in [1.82, 2.24) is 9.78 Å². The molecule has 0 unspecified atom stereocenters. The predicted octanol–water partition coefficient (Wildman–Crippen LogP) is 2.79. The third-order valence-electron chi connectivity index (χ3n) is 3.87. The van der Waals surface area contributed by atoms with Gasteiger partial charge in [-0.25, -0.2) is 4.68 Å². The molecule has 0 spiro atoms. The van der Waals surface area contributed by atoms with Gasteiger partial charge in [0.25, 0.3) is 5.56 Å². The maximum Gasteiger partial charge on any atom is 0.283 e. The summed E-state index contributed by atoms with van der Waals surface area (Å²) in [5, 5.41) is 7.71. The Morgan fingerprint density at radius 2 is 2.11 bits per heavy atom. The highest BCUT2D eigenvalue weighted by molar-refractivity contribution is 9.10. The van der Waals surface area contributed by atoms with E-state index in [0.717, 1.165) is 17.5 Å². The lowest BCUT2D eigenvalue weighted by Crippen LogP contribution is -2.28. The molecule has 2 saturated carbocycles. The number of hydrogen-bond donors (Lipinski definition) is 1. The Labute approximate surface area is 121 Å². The Hall–Kier alpha value is -1.10. The third-order valence-corrected chi connectivity index (χ3v) is 4.64. The molecule has 0 amide bonds. The normalized spacial score (nSPS) is 18.6. The molecule has 0 radical (unpaired) electrons. The molecule has 1 N–H and O–H groups in total. The smallest absolute Gasteiger partial charge is 0.283 e. The van der Waals surface area contributed by atoms with Crippen molar-refractivity contribution in [3.8, 4) is 0 Å². The molecule has 0 aliphatic heterocycles. The van der Waals surface area contributed by atoms with E-state index >= 15 is 0 Å². The molecule has 19 heavy (non-hydrogen) atoms. The first kappa shape index (κ1) is 12.9. The summed E-state index contributed by atoms with van der Waals surface area (Å²) in [6.45, 7) is 4.07. The fraction of sp³-hybridized carbons (Fsp3) is 0.571. The highest BCUT2D eigenvalue weighted by atomic mass is 79.9. The van der Waals surface area contributed by atoms with Gasteiger partial charge >= 0.3 is 0 Å². The summed E-state index contributed by atoms with van der Waals surface area (Å²) in [5.74, 6) is 1.57. The van der Waals surface area contributed by atoms with Gasteiger partial charge in [0.15, 0.2) is 0 Å². The molecule has 2 fully saturated rings. The Kier molecular flexibility index (Phi) is 3.48. The van der Waals surface area contributed by atoms with Crippen LogP contribution in [0, 0.1) is 11.8 Å². The van der Waals surface area contributed by atoms with Gasteiger partial charge in [0.2, 0.25) is 0 Å². The van der Waals surface area contributed by atoms with Crippen LogP contribution in [0.15, 0.2) is 28.1 Å². The summed E-state index contributed by atoms with van der Waals surface area (Å²) in [5.41, 5.74) is 0.726. The molecule has 0 bridgehead atoms. The standard InChI is InChI=1S/C14H18BrN3O/c1-2-7-18-14(19)12(15)11(8-16-18)17-13(9-3-4-9)10-5-6-10/h2,8-10,13,17H,1,3-7H2. The molecule has 0 atom stereocenters. The van der Waals surface area contributed by atoms with Gasteiger partial charge in [0, 0.05) is 6.04 Å². The molecular formula is C14H18BrN3O. The van der Waals surface area contributed by atoms with Crippen LogP contribution < -0.4 is 10.9 Å². The van der Waals surface area contributed by atoms with Gasteiger partial charge in [-0.1, -0.05) is 6.08 Å². The predicted molar refractivity (Wildman–Crippen MR) is 79.3 cm³/mol. The van der Waals surface area contributed by atoms with E-state index in [1.165, 1.54) is 30.4 Å². The zero-order valence-corrected chi connectivity index (χ0v) is 12.4. The van der Waals surface area contributed by atoms with Crippen molar-refractivity contribution in [2.75, 3.05) is 5.32 Å². The van der Waals surface area contributed by atoms with Crippen LogP contribution >= 0.6 is 15.9 Å². The average Bonchev–Trinajstić information content (AvgIpc) is 3.27. The number of nitrogens with zero attached hydrogens (tertiary/aromatic N) is 2. The van der Waals surface area contributed by atoms with Gasteiger partial charge in [-0.2, -0.15) is 5.10 Å². The van der Waals surface area contributed by atoms with Gasteiger partial charge in [-0.15, -0.1) is 6.58 Å². The minimum absolute atomic E-state index is 0.102. The summed E-state index contributed by atoms with van der Waals surface area (Å²) in [7, 11) is 0. The fourth-order valence-corrected chi connectivity index (χ4v) is 2.95. The number of nitrogens with one attached hydrogen (secondary N) is 1. The van der Waals surface area contributed by atoms with Gasteiger partial charge < -0.3 is 5.32 Å². The van der Waals surface area contributed by atoms with Crippen LogP contribution in [0.5, 0.6) is 0 Å². The van der Waals surface area contributed by atoms with Crippen LogP contribution in [-0.4, -0.2) is 15.8 Å². The number of hydrogen-bond acceptors (Lipinski definition) is 3. The van der Waals surface area contributed by atoms with Crippen LogP contribution in [-0.2, 0) is 6.54 Å². The van der Waals surface area contributed by atoms with Gasteiger partial charge in [-0.3, -0.25) is 4.79 Å². The number of aromatic nitrogens is 2. The number of anilines is 1. The van der Waals surface area contributed by atoms with Crippen LogP contribution in [0.1, 0.15) is 25.7 Å². The lowest BCUT2D eigenvalue weighted by molar-refractivity contribution is 0.564. The van der Waals surface area contributed by atoms with Crippen LogP contribution in [0.2, 0.25) is 0 Å². The molecule has 2 aliphatic carbocycles. The molecule has 3 rings (SSSR count). The molecule has 1 heterocycles. The summed E-state index contributed by atoms with van der Waals surface area (Å²) in [6.07, 6.45) is 8.66. The second-order valence-corrected chi connectivity index (χ2v) is 6.29. The first-order valence-electron chi connectivity index (χ1n) is 6.83. The van der Waals surface area contributed by atoms with Crippen molar-refractivity contribution >= 4 is 21.6 Å². The Balaban J connectivity index is 1.82. The van der Waals surface area contributed by atoms with E-state index in [2.05, 4.69) is 32.9 Å². The third kappa shape index (κ3) is 2.76. The second kappa shape index (κ2) is 5.12. The lowest BCUT2D eigenvalue weighted by atomic mass is 10.1. The van der Waals surface area contributed by atoms with Crippen molar-refractivity contribution in [2.45, 2.75) is 38.3 Å². The van der Waals surface area contributed by atoms with E-state index in [1.54, 1.807) is 12.3 Å². The highest BCUT2D eigenvalue weighted by Crippen LogP contribution is 2.46. The van der Waals surface area contributed by atoms with Crippen molar-refractivity contribution < 1.29 is 0 Å². The Morgan fingerprint density at radius 3 is 2.63 bits per heavy atom. The zero-order valence-electron chi connectivity index (χ0n) is 10.8. The van der Waals surface area contributed by atoms with Crippen molar-refractivity contribution in [2.24, 2.45) is 11.8 Å². The molecule has 5 heteroatoms. The first-order valence-corrected chi connectivity index (χ1v) is 7.63. The Morgan fingerprint density at radius 1 is 1.47 bits per heavy atom. The first-order chi connectivity index (χ1) is 9.20. The van der Waals surface area contributed by atoms with Crippen LogP contribution in [0.25, 0.3) is 0 Å². The van der Waals surface area contributed by atoms with Gasteiger partial charge in [-0.05, 0) is 53.4 Å². The summed E-state index contributed by atoms with van der Waals surface area (Å²) >= 11 is 3.40. The fourth-order valence-electron chi connectivity index (χ4n) is 2.53. The lowest BCUT2D eigenvalue weighted by Gasteiger charge is -2.19. The van der Waals surface area contributed by atoms with E-state index < -0.39 is 0 Å². The molecule has 102 valence electrons. The summed E-state index contributed by atoms with van der Waals surface area (Å²) in [6, 6.07) is 0.521. The number of allylic oxidation sites excluding steroid dienone is 1.